The number of carbonyl (C=O) groups is 1. The summed E-state index contributed by atoms with van der Waals surface area (Å²) in [6.07, 6.45) is 6.00. The van der Waals surface area contributed by atoms with Crippen LogP contribution >= 0.6 is 0 Å². The van der Waals surface area contributed by atoms with E-state index in [1.165, 1.54) is 22.0 Å². The van der Waals surface area contributed by atoms with E-state index >= 15 is 0 Å². The molecule has 0 fully saturated rings. The molecule has 4 rings (SSSR count). The van der Waals surface area contributed by atoms with Crippen molar-refractivity contribution in [1.29, 1.82) is 0 Å². The van der Waals surface area contributed by atoms with E-state index in [4.69, 9.17) is 9.78 Å². The lowest BCUT2D eigenvalue weighted by atomic mass is 9.94. The number of likely N-dealkylation sites (N-methyl/N-ethyl adjacent to an activating group) is 1. The zero-order valence-corrected chi connectivity index (χ0v) is 23.1. The molecule has 0 radical (unpaired) electrons. The second-order valence-electron chi connectivity index (χ2n) is 10.2. The Morgan fingerprint density at radius 1 is 1.08 bits per heavy atom. The molecule has 0 aliphatic heterocycles. The van der Waals surface area contributed by atoms with Gasteiger partial charge in [-0.25, -0.2) is 0 Å². The fourth-order valence-electron chi connectivity index (χ4n) is 4.79. The minimum absolute atomic E-state index is 0.00362. The third-order valence-electron chi connectivity index (χ3n) is 6.60. The number of pyridine rings is 2. The Morgan fingerprint density at radius 2 is 1.78 bits per heavy atom. The molecular formula is C30H39N5O2. The maximum Gasteiger partial charge on any atom is 0.251 e. The first-order chi connectivity index (χ1) is 17.5. The molecule has 3 heterocycles. The molecule has 0 aliphatic carbocycles. The van der Waals surface area contributed by atoms with Crippen LogP contribution in [0.15, 0.2) is 47.5 Å². The van der Waals surface area contributed by atoms with E-state index in [9.17, 15) is 4.79 Å². The minimum atomic E-state index is 0.00362. The molecule has 4 aromatic rings. The average molecular weight is 502 g/mol. The number of hydrogen-bond donors (Lipinski definition) is 2. The summed E-state index contributed by atoms with van der Waals surface area (Å²) in [5.74, 6) is 0. The quantitative estimate of drug-likeness (QED) is 0.359. The van der Waals surface area contributed by atoms with Gasteiger partial charge in [0.25, 0.3) is 5.56 Å². The highest BCUT2D eigenvalue weighted by molar-refractivity contribution is 5.91. The number of amides is 1. The number of aromatic amines is 1. The first kappa shape index (κ1) is 27.9. The molecule has 196 valence electrons. The number of primary amides is 1. The van der Waals surface area contributed by atoms with E-state index in [0.717, 1.165) is 46.6 Å². The van der Waals surface area contributed by atoms with E-state index in [-0.39, 0.29) is 12.0 Å². The van der Waals surface area contributed by atoms with Gasteiger partial charge in [0.1, 0.15) is 0 Å². The van der Waals surface area contributed by atoms with Gasteiger partial charge in [0.2, 0.25) is 6.41 Å². The fourth-order valence-corrected chi connectivity index (χ4v) is 4.79. The summed E-state index contributed by atoms with van der Waals surface area (Å²) in [6.45, 7) is 11.5. The highest BCUT2D eigenvalue weighted by atomic mass is 16.1. The molecule has 0 spiro atoms. The summed E-state index contributed by atoms with van der Waals surface area (Å²) in [5, 5.41) is 1.24. The molecule has 0 saturated carbocycles. The maximum absolute atomic E-state index is 12.8. The average Bonchev–Trinajstić information content (AvgIpc) is 3.17. The zero-order valence-electron chi connectivity index (χ0n) is 23.1. The number of carbonyl (C=O) groups excluding carboxylic acids is 1. The number of fused-ring (bicyclic) bond motifs is 1. The molecule has 7 nitrogen and oxygen atoms in total. The summed E-state index contributed by atoms with van der Waals surface area (Å²) < 4.78 is 2.34. The van der Waals surface area contributed by atoms with Gasteiger partial charge in [-0.2, -0.15) is 0 Å². The zero-order chi connectivity index (χ0) is 27.3. The second kappa shape index (κ2) is 12.0. The minimum Gasteiger partial charge on any atom is -0.372 e. The van der Waals surface area contributed by atoms with Crippen LogP contribution in [0.5, 0.6) is 0 Å². The number of aromatic nitrogens is 3. The Morgan fingerprint density at radius 3 is 2.35 bits per heavy atom. The van der Waals surface area contributed by atoms with Gasteiger partial charge in [0, 0.05) is 71.2 Å². The summed E-state index contributed by atoms with van der Waals surface area (Å²) >= 11 is 0. The van der Waals surface area contributed by atoms with E-state index in [2.05, 4.69) is 91.6 Å². The van der Waals surface area contributed by atoms with Gasteiger partial charge in [-0.15, -0.1) is 0 Å². The number of nitrogens with one attached hydrogen (secondary N) is 1. The summed E-state index contributed by atoms with van der Waals surface area (Å²) in [7, 11) is 4.16. The predicted octanol–water partition coefficient (Wildman–Crippen LogP) is 4.69. The first-order valence-electron chi connectivity index (χ1n) is 12.6. The van der Waals surface area contributed by atoms with Crippen LogP contribution in [0.4, 0.5) is 0 Å². The summed E-state index contributed by atoms with van der Waals surface area (Å²) in [5.41, 5.74) is 13.9. The van der Waals surface area contributed by atoms with Crippen LogP contribution in [0.2, 0.25) is 0 Å². The van der Waals surface area contributed by atoms with Crippen LogP contribution < -0.4 is 11.3 Å². The molecular weight excluding hydrogens is 462 g/mol. The SMILES string of the molecule is Cc1cc(C)c(Cc2cc(-c3ccc(CCN(C)C)nc3)cc3c2c(C)cn3C(C)C)c(=O)[nH]1.NC=O. The smallest absolute Gasteiger partial charge is 0.251 e. The van der Waals surface area contributed by atoms with Crippen LogP contribution in [0.3, 0.4) is 0 Å². The van der Waals surface area contributed by atoms with E-state index in [1.54, 1.807) is 0 Å². The Kier molecular flexibility index (Phi) is 9.05. The third kappa shape index (κ3) is 6.54. The van der Waals surface area contributed by atoms with Crippen molar-refractivity contribution in [2.75, 3.05) is 20.6 Å². The highest BCUT2D eigenvalue weighted by Gasteiger charge is 2.17. The van der Waals surface area contributed by atoms with Gasteiger partial charge in [0.05, 0.1) is 0 Å². The van der Waals surface area contributed by atoms with Gasteiger partial charge in [0.15, 0.2) is 0 Å². The van der Waals surface area contributed by atoms with Crippen molar-refractivity contribution in [2.45, 2.75) is 53.5 Å². The molecule has 0 unspecified atom stereocenters. The molecule has 0 atom stereocenters. The first-order valence-corrected chi connectivity index (χ1v) is 12.6. The van der Waals surface area contributed by atoms with Gasteiger partial charge < -0.3 is 20.2 Å². The number of hydrogen-bond acceptors (Lipinski definition) is 4. The van der Waals surface area contributed by atoms with Crippen molar-refractivity contribution in [3.05, 3.63) is 86.7 Å². The van der Waals surface area contributed by atoms with E-state index in [0.29, 0.717) is 12.5 Å². The molecule has 0 saturated heterocycles. The third-order valence-corrected chi connectivity index (χ3v) is 6.60. The lowest BCUT2D eigenvalue weighted by Gasteiger charge is -2.14. The standard InChI is InChI=1S/C29H36N4O.CH3NO/c1-18(2)33-17-20(4)28-24(14-26-19(3)12-21(5)31-29(26)34)13-23(15-27(28)33)22-8-9-25(30-16-22)10-11-32(6)7;2-1-3/h8-9,12-13,15-18H,10-11,14H2,1-7H3,(H,31,34);1H,(H2,2,3). The number of nitrogens with two attached hydrogens (primary N) is 1. The number of benzene rings is 1. The topological polar surface area (TPSA) is 97.0 Å². The van der Waals surface area contributed by atoms with Crippen LogP contribution in [0, 0.1) is 20.8 Å². The van der Waals surface area contributed by atoms with Crippen molar-refractivity contribution in [1.82, 2.24) is 19.4 Å². The van der Waals surface area contributed by atoms with Gasteiger partial charge in [-0.3, -0.25) is 14.6 Å². The van der Waals surface area contributed by atoms with Crippen LogP contribution in [-0.2, 0) is 17.6 Å². The van der Waals surface area contributed by atoms with Crippen molar-refractivity contribution < 1.29 is 4.79 Å². The number of aryl methyl sites for hydroxylation is 3. The summed E-state index contributed by atoms with van der Waals surface area (Å²) in [6, 6.07) is 11.2. The van der Waals surface area contributed by atoms with Gasteiger partial charge in [-0.1, -0.05) is 6.07 Å². The van der Waals surface area contributed by atoms with Gasteiger partial charge in [-0.05, 0) is 95.2 Å². The maximum atomic E-state index is 12.8. The highest BCUT2D eigenvalue weighted by Crippen LogP contribution is 2.34. The lowest BCUT2D eigenvalue weighted by Crippen LogP contribution is -2.16. The Hall–Kier alpha value is -3.71. The Bertz CT molecular complexity index is 1430. The normalized spacial score (nSPS) is 11.2. The number of nitrogens with zero attached hydrogens (tertiary/aromatic N) is 3. The molecule has 3 N–H and O–H groups in total. The summed E-state index contributed by atoms with van der Waals surface area (Å²) in [4.78, 5) is 31.3. The Balaban J connectivity index is 0.00000121. The fraction of sp³-hybridized carbons (Fsp3) is 0.367. The molecule has 3 aromatic heterocycles. The van der Waals surface area contributed by atoms with Gasteiger partial charge >= 0.3 is 0 Å². The van der Waals surface area contributed by atoms with E-state index in [1.807, 2.05) is 20.0 Å². The van der Waals surface area contributed by atoms with Crippen molar-refractivity contribution in [3.8, 4) is 11.1 Å². The monoisotopic (exact) mass is 501 g/mol. The van der Waals surface area contributed by atoms with Crippen LogP contribution in [0.25, 0.3) is 22.0 Å². The van der Waals surface area contributed by atoms with Crippen molar-refractivity contribution in [3.63, 3.8) is 0 Å². The lowest BCUT2D eigenvalue weighted by molar-refractivity contribution is -0.106. The molecule has 1 aromatic carbocycles. The number of H-pyrrole nitrogens is 1. The van der Waals surface area contributed by atoms with Crippen LogP contribution in [0.1, 0.15) is 53.5 Å². The van der Waals surface area contributed by atoms with E-state index < -0.39 is 0 Å². The molecule has 0 aliphatic rings. The van der Waals surface area contributed by atoms with Crippen LogP contribution in [-0.4, -0.2) is 46.5 Å². The Labute approximate surface area is 219 Å². The second-order valence-corrected chi connectivity index (χ2v) is 10.2. The molecule has 0 bridgehead atoms. The largest absolute Gasteiger partial charge is 0.372 e. The molecule has 37 heavy (non-hydrogen) atoms. The van der Waals surface area contributed by atoms with Crippen molar-refractivity contribution in [2.24, 2.45) is 5.73 Å². The molecule has 1 amide bonds. The molecule has 7 heteroatoms. The number of rotatable bonds is 7. The van der Waals surface area contributed by atoms with Crippen molar-refractivity contribution >= 4 is 17.3 Å². The predicted molar refractivity (Wildman–Crippen MR) is 152 cm³/mol.